The Hall–Kier alpha value is -2.77. The predicted molar refractivity (Wildman–Crippen MR) is 84.7 cm³/mol. The van der Waals surface area contributed by atoms with Crippen molar-refractivity contribution in [1.29, 1.82) is 0 Å². The highest BCUT2D eigenvalue weighted by Crippen LogP contribution is 2.23. The predicted octanol–water partition coefficient (Wildman–Crippen LogP) is 3.00. The molecular formula is C17H16F3N3O2. The van der Waals surface area contributed by atoms with Gasteiger partial charge in [0.05, 0.1) is 12.0 Å². The molecule has 0 spiro atoms. The number of nitrogens with one attached hydrogen (secondary N) is 2. The quantitative estimate of drug-likeness (QED) is 0.832. The van der Waals surface area contributed by atoms with E-state index in [4.69, 9.17) is 0 Å². The summed E-state index contributed by atoms with van der Waals surface area (Å²) in [5, 5.41) is 2.92. The molecule has 5 nitrogen and oxygen atoms in total. The van der Waals surface area contributed by atoms with Crippen molar-refractivity contribution < 1.29 is 22.7 Å². The summed E-state index contributed by atoms with van der Waals surface area (Å²) in [6.45, 7) is 0. The van der Waals surface area contributed by atoms with Gasteiger partial charge in [0.2, 0.25) is 5.91 Å². The number of imidazole rings is 1. The highest BCUT2D eigenvalue weighted by molar-refractivity contribution is 5.91. The highest BCUT2D eigenvalue weighted by Gasteiger charge is 2.30. The molecule has 25 heavy (non-hydrogen) atoms. The molecule has 1 aliphatic carbocycles. The molecule has 2 N–H and O–H groups in total. The second-order valence-corrected chi connectivity index (χ2v) is 5.73. The monoisotopic (exact) mass is 351 g/mol. The van der Waals surface area contributed by atoms with Crippen molar-refractivity contribution in [3.63, 3.8) is 0 Å². The van der Waals surface area contributed by atoms with Gasteiger partial charge < -0.3 is 15.0 Å². The van der Waals surface area contributed by atoms with Gasteiger partial charge in [0.15, 0.2) is 0 Å². The fourth-order valence-electron chi connectivity index (χ4n) is 2.73. The van der Waals surface area contributed by atoms with Crippen LogP contribution in [0.3, 0.4) is 0 Å². The third-order valence-corrected chi connectivity index (χ3v) is 3.87. The van der Waals surface area contributed by atoms with Crippen molar-refractivity contribution in [2.24, 2.45) is 0 Å². The summed E-state index contributed by atoms with van der Waals surface area (Å²) in [4.78, 5) is 19.3. The van der Waals surface area contributed by atoms with Gasteiger partial charge in [-0.2, -0.15) is 0 Å². The molecule has 0 bridgehead atoms. The number of aromatic nitrogens is 2. The SMILES string of the molecule is O=C(/C=C\c1ccc(OC(F)(F)F)cc1)NC1CCc2nc[nH]c2C1. The number of hydrogen-bond donors (Lipinski definition) is 2. The summed E-state index contributed by atoms with van der Waals surface area (Å²) in [5.74, 6) is -0.546. The summed E-state index contributed by atoms with van der Waals surface area (Å²) in [7, 11) is 0. The van der Waals surface area contributed by atoms with Crippen molar-refractivity contribution in [3.05, 3.63) is 53.6 Å². The third-order valence-electron chi connectivity index (χ3n) is 3.87. The van der Waals surface area contributed by atoms with E-state index in [1.807, 2.05) is 0 Å². The number of benzene rings is 1. The molecule has 1 heterocycles. The zero-order valence-corrected chi connectivity index (χ0v) is 13.1. The van der Waals surface area contributed by atoms with E-state index >= 15 is 0 Å². The zero-order chi connectivity index (χ0) is 17.9. The van der Waals surface area contributed by atoms with Gasteiger partial charge in [-0.05, 0) is 36.6 Å². The lowest BCUT2D eigenvalue weighted by molar-refractivity contribution is -0.274. The van der Waals surface area contributed by atoms with E-state index < -0.39 is 6.36 Å². The molecule has 1 atom stereocenters. The number of aryl methyl sites for hydroxylation is 1. The van der Waals surface area contributed by atoms with Gasteiger partial charge in [0, 0.05) is 24.2 Å². The molecule has 2 aromatic rings. The number of aromatic amines is 1. The van der Waals surface area contributed by atoms with Gasteiger partial charge >= 0.3 is 6.36 Å². The molecule has 0 saturated carbocycles. The van der Waals surface area contributed by atoms with Crippen LogP contribution in [-0.4, -0.2) is 28.3 Å². The van der Waals surface area contributed by atoms with Crippen LogP contribution in [0.2, 0.25) is 0 Å². The number of carbonyl (C=O) groups excluding carboxylic acids is 1. The molecule has 1 aromatic heterocycles. The smallest absolute Gasteiger partial charge is 0.406 e. The molecule has 1 aromatic carbocycles. The minimum absolute atomic E-state index is 0.0349. The summed E-state index contributed by atoms with van der Waals surface area (Å²) in [6.07, 6.45) is 2.18. The van der Waals surface area contributed by atoms with Crippen LogP contribution < -0.4 is 10.1 Å². The van der Waals surface area contributed by atoms with Crippen molar-refractivity contribution in [1.82, 2.24) is 15.3 Å². The largest absolute Gasteiger partial charge is 0.573 e. The first-order chi connectivity index (χ1) is 11.9. The van der Waals surface area contributed by atoms with Gasteiger partial charge in [0.25, 0.3) is 0 Å². The van der Waals surface area contributed by atoms with Crippen LogP contribution >= 0.6 is 0 Å². The topological polar surface area (TPSA) is 67.0 Å². The Bertz CT molecular complexity index is 766. The molecule has 3 rings (SSSR count). The Morgan fingerprint density at radius 1 is 1.32 bits per heavy atom. The number of halogens is 3. The molecule has 132 valence electrons. The number of alkyl halides is 3. The van der Waals surface area contributed by atoms with Crippen LogP contribution in [0.4, 0.5) is 13.2 Å². The van der Waals surface area contributed by atoms with Gasteiger partial charge in [-0.3, -0.25) is 4.79 Å². The van der Waals surface area contributed by atoms with Crippen LogP contribution in [0.5, 0.6) is 5.75 Å². The lowest BCUT2D eigenvalue weighted by Gasteiger charge is -2.21. The highest BCUT2D eigenvalue weighted by atomic mass is 19.4. The first-order valence-electron chi connectivity index (χ1n) is 7.74. The fourth-order valence-corrected chi connectivity index (χ4v) is 2.73. The number of fused-ring (bicyclic) bond motifs is 1. The maximum Gasteiger partial charge on any atom is 0.573 e. The van der Waals surface area contributed by atoms with E-state index in [1.54, 1.807) is 6.33 Å². The first-order valence-corrected chi connectivity index (χ1v) is 7.74. The van der Waals surface area contributed by atoms with E-state index in [0.29, 0.717) is 12.0 Å². The van der Waals surface area contributed by atoms with Crippen LogP contribution in [0.15, 0.2) is 36.7 Å². The Kier molecular flexibility index (Phi) is 4.78. The number of H-pyrrole nitrogens is 1. The molecule has 0 fully saturated rings. The van der Waals surface area contributed by atoms with Crippen LogP contribution in [0.1, 0.15) is 23.4 Å². The van der Waals surface area contributed by atoms with E-state index in [-0.39, 0.29) is 17.7 Å². The standard InChI is InChI=1S/C17H16F3N3O2/c18-17(19,20)25-13-5-1-11(2-6-13)3-8-16(24)23-12-4-7-14-15(9-12)22-10-21-14/h1-3,5-6,8,10,12H,4,7,9H2,(H,21,22)(H,23,24)/b8-3-. The molecule has 0 aliphatic heterocycles. The third kappa shape index (κ3) is 4.85. The first kappa shape index (κ1) is 17.1. The minimum atomic E-state index is -4.72. The number of hydrogen-bond acceptors (Lipinski definition) is 3. The number of nitrogens with zero attached hydrogens (tertiary/aromatic N) is 1. The Morgan fingerprint density at radius 2 is 2.08 bits per heavy atom. The second-order valence-electron chi connectivity index (χ2n) is 5.73. The lowest BCUT2D eigenvalue weighted by Crippen LogP contribution is -2.38. The van der Waals surface area contributed by atoms with E-state index in [1.165, 1.54) is 36.4 Å². The van der Waals surface area contributed by atoms with Crippen molar-refractivity contribution in [2.75, 3.05) is 0 Å². The lowest BCUT2D eigenvalue weighted by atomic mass is 9.96. The Balaban J connectivity index is 1.52. The van der Waals surface area contributed by atoms with E-state index in [0.717, 1.165) is 24.2 Å². The Labute approximate surface area is 141 Å². The van der Waals surface area contributed by atoms with Gasteiger partial charge in [-0.15, -0.1) is 13.2 Å². The molecule has 8 heteroatoms. The van der Waals surface area contributed by atoms with Crippen molar-refractivity contribution in [2.45, 2.75) is 31.7 Å². The van der Waals surface area contributed by atoms with Crippen molar-refractivity contribution >= 4 is 12.0 Å². The average molecular weight is 351 g/mol. The van der Waals surface area contributed by atoms with E-state index in [2.05, 4.69) is 20.0 Å². The number of rotatable bonds is 4. The summed E-state index contributed by atoms with van der Waals surface area (Å²) in [5.41, 5.74) is 2.69. The van der Waals surface area contributed by atoms with Gasteiger partial charge in [0.1, 0.15) is 5.75 Å². The molecule has 1 amide bonds. The second kappa shape index (κ2) is 7.00. The van der Waals surface area contributed by atoms with Crippen LogP contribution in [0.25, 0.3) is 6.08 Å². The maximum atomic E-state index is 12.1. The molecule has 0 saturated heterocycles. The molecule has 1 unspecified atom stereocenters. The summed E-state index contributed by atoms with van der Waals surface area (Å²) >= 11 is 0. The van der Waals surface area contributed by atoms with Crippen molar-refractivity contribution in [3.8, 4) is 5.75 Å². The Morgan fingerprint density at radius 3 is 2.80 bits per heavy atom. The molecular weight excluding hydrogens is 335 g/mol. The normalized spacial score (nSPS) is 17.3. The number of carbonyl (C=O) groups is 1. The fraction of sp³-hybridized carbons (Fsp3) is 0.294. The van der Waals surface area contributed by atoms with Crippen LogP contribution in [-0.2, 0) is 17.6 Å². The molecule has 0 radical (unpaired) electrons. The van der Waals surface area contributed by atoms with Gasteiger partial charge in [-0.25, -0.2) is 4.98 Å². The summed E-state index contributed by atoms with van der Waals surface area (Å²) < 4.78 is 40.1. The average Bonchev–Trinajstić information content (AvgIpc) is 3.00. The van der Waals surface area contributed by atoms with Crippen LogP contribution in [0, 0.1) is 0 Å². The number of amides is 1. The zero-order valence-electron chi connectivity index (χ0n) is 13.1. The maximum absolute atomic E-state index is 12.1. The summed E-state index contributed by atoms with van der Waals surface area (Å²) in [6, 6.07) is 5.33. The molecule has 1 aliphatic rings. The minimum Gasteiger partial charge on any atom is -0.406 e. The van der Waals surface area contributed by atoms with Gasteiger partial charge in [-0.1, -0.05) is 12.1 Å². The van der Waals surface area contributed by atoms with E-state index in [9.17, 15) is 18.0 Å². The number of ether oxygens (including phenoxy) is 1.